The molecule has 0 aliphatic carbocycles. The van der Waals surface area contributed by atoms with Crippen LogP contribution in [-0.4, -0.2) is 67.7 Å². The summed E-state index contributed by atoms with van der Waals surface area (Å²) in [5.74, 6) is -2.59. The van der Waals surface area contributed by atoms with Crippen molar-refractivity contribution in [2.24, 2.45) is 0 Å². The predicted molar refractivity (Wildman–Crippen MR) is 135 cm³/mol. The Morgan fingerprint density at radius 3 is 2.18 bits per heavy atom. The van der Waals surface area contributed by atoms with Gasteiger partial charge in [0.1, 0.15) is 6.04 Å². The Balaban J connectivity index is 1.86. The Morgan fingerprint density at radius 1 is 1.03 bits per heavy atom. The summed E-state index contributed by atoms with van der Waals surface area (Å²) in [4.78, 5) is 38.4. The summed E-state index contributed by atoms with van der Waals surface area (Å²) < 4.78 is 71.3. The van der Waals surface area contributed by atoms with Gasteiger partial charge >= 0.3 is 18.1 Å². The Kier molecular flexibility index (Phi) is 9.38. The van der Waals surface area contributed by atoms with Crippen molar-refractivity contribution in [3.8, 4) is 0 Å². The molecule has 1 saturated heterocycles. The van der Waals surface area contributed by atoms with E-state index in [1.807, 2.05) is 38.1 Å². The van der Waals surface area contributed by atoms with Crippen molar-refractivity contribution < 1.29 is 40.7 Å². The lowest BCUT2D eigenvalue weighted by Crippen LogP contribution is -2.62. The standard InChI is InChI=1S/C26H30F3N3O6S/c1-4-38-25(35)24(34)31-13-14-32(39(36,37)21-11-9-20(10-12-21)26(27,28)29)22(16-31)23(33)30-15-18-5-7-19(8-6-18)17(2)3/h5-12,17,22H,4,13-16H2,1-3H3,(H,30,33). The number of sulfonamides is 1. The number of ether oxygens (including phenoxy) is 1. The molecule has 0 aromatic heterocycles. The van der Waals surface area contributed by atoms with Crippen LogP contribution in [0.3, 0.4) is 0 Å². The second kappa shape index (κ2) is 12.2. The van der Waals surface area contributed by atoms with Gasteiger partial charge in [-0.05, 0) is 48.2 Å². The van der Waals surface area contributed by atoms with Gasteiger partial charge in [-0.3, -0.25) is 9.59 Å². The highest BCUT2D eigenvalue weighted by atomic mass is 32.2. The fourth-order valence-corrected chi connectivity index (χ4v) is 5.62. The Bertz CT molecular complexity index is 1300. The number of halogens is 3. The van der Waals surface area contributed by atoms with Gasteiger partial charge in [0.15, 0.2) is 0 Å². The van der Waals surface area contributed by atoms with Crippen LogP contribution in [0.4, 0.5) is 13.2 Å². The average Bonchev–Trinajstić information content (AvgIpc) is 2.90. The van der Waals surface area contributed by atoms with Gasteiger partial charge in [-0.2, -0.15) is 17.5 Å². The first-order chi connectivity index (χ1) is 18.3. The third-order valence-corrected chi connectivity index (χ3v) is 8.19. The molecule has 9 nitrogen and oxygen atoms in total. The van der Waals surface area contributed by atoms with Crippen LogP contribution in [0.1, 0.15) is 43.4 Å². The number of alkyl halides is 3. The van der Waals surface area contributed by atoms with E-state index in [-0.39, 0.29) is 26.2 Å². The number of carbonyl (C=O) groups excluding carboxylic acids is 3. The number of benzene rings is 2. The Labute approximate surface area is 225 Å². The molecule has 212 valence electrons. The van der Waals surface area contributed by atoms with Crippen molar-refractivity contribution >= 4 is 27.8 Å². The summed E-state index contributed by atoms with van der Waals surface area (Å²) in [6.07, 6.45) is -4.66. The number of nitrogens with one attached hydrogen (secondary N) is 1. The fourth-order valence-electron chi connectivity index (χ4n) is 4.05. The SMILES string of the molecule is CCOC(=O)C(=O)N1CCN(S(=O)(=O)c2ccc(C(F)(F)F)cc2)C(C(=O)NCc2ccc(C(C)C)cc2)C1. The van der Waals surface area contributed by atoms with Crippen molar-refractivity contribution in [1.82, 2.24) is 14.5 Å². The zero-order chi connectivity index (χ0) is 29.0. The van der Waals surface area contributed by atoms with Crippen LogP contribution in [-0.2, 0) is 41.9 Å². The molecule has 1 fully saturated rings. The predicted octanol–water partition coefficient (Wildman–Crippen LogP) is 2.91. The molecular weight excluding hydrogens is 539 g/mol. The molecular formula is C26H30F3N3O6S. The van der Waals surface area contributed by atoms with Gasteiger partial charge in [-0.25, -0.2) is 13.2 Å². The Hall–Kier alpha value is -3.45. The average molecular weight is 570 g/mol. The lowest BCUT2D eigenvalue weighted by atomic mass is 10.0. The van der Waals surface area contributed by atoms with Crippen molar-refractivity contribution in [1.29, 1.82) is 0 Å². The zero-order valence-corrected chi connectivity index (χ0v) is 22.5. The fraction of sp³-hybridized carbons (Fsp3) is 0.423. The van der Waals surface area contributed by atoms with Crippen LogP contribution in [0, 0.1) is 0 Å². The lowest BCUT2D eigenvalue weighted by Gasteiger charge is -2.39. The van der Waals surface area contributed by atoms with E-state index in [0.29, 0.717) is 18.1 Å². The first-order valence-electron chi connectivity index (χ1n) is 12.3. The van der Waals surface area contributed by atoms with Crippen molar-refractivity contribution in [2.45, 2.75) is 50.3 Å². The molecule has 2 aromatic rings. The molecule has 1 atom stereocenters. The number of piperazine rings is 1. The van der Waals surface area contributed by atoms with E-state index in [4.69, 9.17) is 4.74 Å². The van der Waals surface area contributed by atoms with Crippen LogP contribution in [0.2, 0.25) is 0 Å². The smallest absolute Gasteiger partial charge is 0.416 e. The van der Waals surface area contributed by atoms with Gasteiger partial charge < -0.3 is 15.0 Å². The topological polar surface area (TPSA) is 113 Å². The molecule has 2 aromatic carbocycles. The molecule has 0 bridgehead atoms. The maximum atomic E-state index is 13.4. The lowest BCUT2D eigenvalue weighted by molar-refractivity contribution is -0.161. The normalized spacial score (nSPS) is 16.7. The minimum Gasteiger partial charge on any atom is -0.459 e. The minimum absolute atomic E-state index is 0.0493. The molecule has 1 heterocycles. The highest BCUT2D eigenvalue weighted by Gasteiger charge is 2.43. The molecule has 1 aliphatic heterocycles. The quantitative estimate of drug-likeness (QED) is 0.405. The molecule has 1 N–H and O–H groups in total. The molecule has 13 heteroatoms. The maximum Gasteiger partial charge on any atom is 0.416 e. The second-order valence-electron chi connectivity index (χ2n) is 9.24. The number of hydrogen-bond donors (Lipinski definition) is 1. The van der Waals surface area contributed by atoms with Crippen molar-refractivity contribution in [2.75, 3.05) is 26.2 Å². The van der Waals surface area contributed by atoms with Gasteiger partial charge in [0.05, 0.1) is 17.1 Å². The van der Waals surface area contributed by atoms with Crippen LogP contribution in [0.5, 0.6) is 0 Å². The van der Waals surface area contributed by atoms with Crippen molar-refractivity contribution in [3.05, 3.63) is 65.2 Å². The highest BCUT2D eigenvalue weighted by molar-refractivity contribution is 7.89. The third-order valence-electron chi connectivity index (χ3n) is 6.27. The molecule has 39 heavy (non-hydrogen) atoms. The van der Waals surface area contributed by atoms with E-state index in [1.54, 1.807) is 0 Å². The summed E-state index contributed by atoms with van der Waals surface area (Å²) in [5, 5.41) is 2.67. The van der Waals surface area contributed by atoms with Gasteiger partial charge in [0, 0.05) is 26.2 Å². The van der Waals surface area contributed by atoms with Crippen LogP contribution < -0.4 is 5.32 Å². The first kappa shape index (κ1) is 30.1. The molecule has 1 unspecified atom stereocenters. The van der Waals surface area contributed by atoms with Crippen LogP contribution in [0.25, 0.3) is 0 Å². The number of esters is 1. The van der Waals surface area contributed by atoms with E-state index in [0.717, 1.165) is 32.5 Å². The van der Waals surface area contributed by atoms with E-state index >= 15 is 0 Å². The monoisotopic (exact) mass is 569 g/mol. The summed E-state index contributed by atoms with van der Waals surface area (Å²) in [6.45, 7) is 4.57. The summed E-state index contributed by atoms with van der Waals surface area (Å²) in [7, 11) is -4.45. The maximum absolute atomic E-state index is 13.4. The van der Waals surface area contributed by atoms with Gasteiger partial charge in [0.2, 0.25) is 15.9 Å². The molecule has 0 saturated carbocycles. The number of rotatable bonds is 7. The van der Waals surface area contributed by atoms with Crippen LogP contribution in [0.15, 0.2) is 53.4 Å². The third kappa shape index (κ3) is 7.15. The number of carbonyl (C=O) groups is 3. The van der Waals surface area contributed by atoms with E-state index in [2.05, 4.69) is 5.32 Å². The van der Waals surface area contributed by atoms with E-state index < -0.39 is 57.0 Å². The van der Waals surface area contributed by atoms with Gasteiger partial charge in [0.25, 0.3) is 0 Å². The molecule has 1 aliphatic rings. The van der Waals surface area contributed by atoms with Gasteiger partial charge in [-0.15, -0.1) is 0 Å². The van der Waals surface area contributed by atoms with E-state index in [1.165, 1.54) is 6.92 Å². The summed E-state index contributed by atoms with van der Waals surface area (Å²) in [5.41, 5.74) is 0.823. The summed E-state index contributed by atoms with van der Waals surface area (Å²) >= 11 is 0. The minimum atomic E-state index is -4.66. The summed E-state index contributed by atoms with van der Waals surface area (Å²) in [6, 6.07) is 8.94. The van der Waals surface area contributed by atoms with Gasteiger partial charge in [-0.1, -0.05) is 38.1 Å². The molecule has 3 rings (SSSR count). The van der Waals surface area contributed by atoms with Crippen LogP contribution >= 0.6 is 0 Å². The Morgan fingerprint density at radius 2 is 1.64 bits per heavy atom. The van der Waals surface area contributed by atoms with E-state index in [9.17, 15) is 36.0 Å². The molecule has 0 spiro atoms. The van der Waals surface area contributed by atoms with Crippen molar-refractivity contribution in [3.63, 3.8) is 0 Å². The molecule has 2 amide bonds. The largest absolute Gasteiger partial charge is 0.459 e. The molecule has 0 radical (unpaired) electrons. The first-order valence-corrected chi connectivity index (χ1v) is 13.7. The second-order valence-corrected chi connectivity index (χ2v) is 11.1. The highest BCUT2D eigenvalue weighted by Crippen LogP contribution is 2.31. The number of nitrogens with zero attached hydrogens (tertiary/aromatic N) is 2. The number of amides is 2. The number of hydrogen-bond acceptors (Lipinski definition) is 6. The zero-order valence-electron chi connectivity index (χ0n) is 21.7.